The Labute approximate surface area is 141 Å². The van der Waals surface area contributed by atoms with Crippen molar-refractivity contribution in [2.45, 2.75) is 29.9 Å². The van der Waals surface area contributed by atoms with Gasteiger partial charge in [-0.2, -0.15) is 0 Å². The summed E-state index contributed by atoms with van der Waals surface area (Å²) in [5.41, 5.74) is -0.972. The second-order valence-electron chi connectivity index (χ2n) is 5.86. The molecule has 1 heterocycles. The van der Waals surface area contributed by atoms with Crippen LogP contribution in [0.3, 0.4) is 0 Å². The molecule has 2 atom stereocenters. The van der Waals surface area contributed by atoms with Crippen LogP contribution in [0, 0.1) is 5.41 Å². The highest BCUT2D eigenvalue weighted by atomic mass is 32.2. The number of rotatable bonds is 7. The predicted molar refractivity (Wildman–Crippen MR) is 89.5 cm³/mol. The lowest BCUT2D eigenvalue weighted by Crippen LogP contribution is -2.42. The molecule has 126 valence electrons. The van der Waals surface area contributed by atoms with E-state index >= 15 is 0 Å². The second kappa shape index (κ2) is 7.84. The largest absolute Gasteiger partial charge is 0.481 e. The number of thioether (sulfide) groups is 1. The van der Waals surface area contributed by atoms with Crippen molar-refractivity contribution in [2.24, 2.45) is 5.41 Å². The van der Waals surface area contributed by atoms with Crippen LogP contribution in [0.4, 0.5) is 0 Å². The van der Waals surface area contributed by atoms with Crippen LogP contribution in [-0.4, -0.2) is 53.9 Å². The first kappa shape index (κ1) is 17.8. The summed E-state index contributed by atoms with van der Waals surface area (Å²) in [6, 6.07) is 9.81. The molecule has 1 saturated heterocycles. The van der Waals surface area contributed by atoms with Crippen molar-refractivity contribution in [2.75, 3.05) is 26.8 Å². The first-order chi connectivity index (χ1) is 11.0. The number of nitrogens with zero attached hydrogens (tertiary/aromatic N) is 1. The van der Waals surface area contributed by atoms with E-state index in [1.54, 1.807) is 4.90 Å². The molecule has 1 aromatic carbocycles. The average molecular weight is 337 g/mol. The Kier molecular flexibility index (Phi) is 6.07. The van der Waals surface area contributed by atoms with Crippen LogP contribution in [0.15, 0.2) is 35.2 Å². The normalized spacial score (nSPS) is 22.1. The SMILES string of the molecule is CCC(Sc1ccccc1)C(=O)N1CCC(COC)(C(=O)O)C1. The zero-order chi connectivity index (χ0) is 16.9. The lowest BCUT2D eigenvalue weighted by Gasteiger charge is -2.26. The van der Waals surface area contributed by atoms with Gasteiger partial charge in [-0.15, -0.1) is 11.8 Å². The van der Waals surface area contributed by atoms with E-state index in [2.05, 4.69) is 0 Å². The van der Waals surface area contributed by atoms with E-state index in [0.717, 1.165) is 4.90 Å². The third kappa shape index (κ3) is 4.06. The van der Waals surface area contributed by atoms with Crippen molar-refractivity contribution in [3.63, 3.8) is 0 Å². The fourth-order valence-corrected chi connectivity index (χ4v) is 3.93. The van der Waals surface area contributed by atoms with Crippen LogP contribution in [0.25, 0.3) is 0 Å². The van der Waals surface area contributed by atoms with E-state index in [1.807, 2.05) is 37.3 Å². The van der Waals surface area contributed by atoms with Gasteiger partial charge in [-0.3, -0.25) is 9.59 Å². The van der Waals surface area contributed by atoms with Crippen LogP contribution in [0.5, 0.6) is 0 Å². The van der Waals surface area contributed by atoms with Gasteiger partial charge in [-0.25, -0.2) is 0 Å². The van der Waals surface area contributed by atoms with Gasteiger partial charge in [-0.05, 0) is 25.0 Å². The first-order valence-corrected chi connectivity index (χ1v) is 8.63. The standard InChI is InChI=1S/C17H23NO4S/c1-3-14(23-13-7-5-4-6-8-13)15(19)18-10-9-17(11-18,12-22-2)16(20)21/h4-8,14H,3,9-12H2,1-2H3,(H,20,21). The molecule has 0 bridgehead atoms. The van der Waals surface area contributed by atoms with Crippen molar-refractivity contribution in [1.82, 2.24) is 4.90 Å². The van der Waals surface area contributed by atoms with Crippen molar-refractivity contribution in [3.8, 4) is 0 Å². The summed E-state index contributed by atoms with van der Waals surface area (Å²) in [5, 5.41) is 9.31. The average Bonchev–Trinajstić information content (AvgIpc) is 2.99. The summed E-state index contributed by atoms with van der Waals surface area (Å²) in [6.45, 7) is 2.81. The minimum absolute atomic E-state index is 0.0144. The molecule has 1 N–H and O–H groups in total. The molecule has 1 amide bonds. The summed E-state index contributed by atoms with van der Waals surface area (Å²) in [6.07, 6.45) is 1.15. The number of benzene rings is 1. The van der Waals surface area contributed by atoms with Gasteiger partial charge in [0.1, 0.15) is 5.41 Å². The molecular weight excluding hydrogens is 314 g/mol. The molecule has 0 saturated carbocycles. The molecule has 1 aromatic rings. The quantitative estimate of drug-likeness (QED) is 0.775. The van der Waals surface area contributed by atoms with E-state index in [4.69, 9.17) is 4.74 Å². The fraction of sp³-hybridized carbons (Fsp3) is 0.529. The van der Waals surface area contributed by atoms with Crippen molar-refractivity contribution in [3.05, 3.63) is 30.3 Å². The number of methoxy groups -OCH3 is 1. The van der Waals surface area contributed by atoms with Gasteiger partial charge in [-0.1, -0.05) is 25.1 Å². The molecule has 1 aliphatic heterocycles. The van der Waals surface area contributed by atoms with Gasteiger partial charge in [0, 0.05) is 25.1 Å². The molecule has 2 unspecified atom stereocenters. The third-order valence-electron chi connectivity index (χ3n) is 4.21. The number of aliphatic carboxylic acids is 1. The Bertz CT molecular complexity index is 551. The van der Waals surface area contributed by atoms with E-state index in [9.17, 15) is 14.7 Å². The molecule has 23 heavy (non-hydrogen) atoms. The number of amides is 1. The van der Waals surface area contributed by atoms with E-state index in [0.29, 0.717) is 19.4 Å². The summed E-state index contributed by atoms with van der Waals surface area (Å²) >= 11 is 1.54. The Morgan fingerprint density at radius 1 is 1.39 bits per heavy atom. The van der Waals surface area contributed by atoms with Gasteiger partial charge in [0.25, 0.3) is 0 Å². The minimum Gasteiger partial charge on any atom is -0.481 e. The highest BCUT2D eigenvalue weighted by molar-refractivity contribution is 8.00. The number of carbonyl (C=O) groups is 2. The lowest BCUT2D eigenvalue weighted by molar-refractivity contribution is -0.151. The number of carboxylic acid groups (broad SMARTS) is 1. The highest BCUT2D eigenvalue weighted by Gasteiger charge is 2.47. The van der Waals surface area contributed by atoms with Crippen LogP contribution in [0.2, 0.25) is 0 Å². The number of ether oxygens (including phenoxy) is 1. The van der Waals surface area contributed by atoms with Gasteiger partial charge in [0.2, 0.25) is 5.91 Å². The number of carbonyl (C=O) groups excluding carboxylic acids is 1. The third-order valence-corrected chi connectivity index (χ3v) is 5.57. The van der Waals surface area contributed by atoms with Crippen LogP contribution in [0.1, 0.15) is 19.8 Å². The molecule has 5 nitrogen and oxygen atoms in total. The van der Waals surface area contributed by atoms with Gasteiger partial charge >= 0.3 is 5.97 Å². The molecule has 2 rings (SSSR count). The van der Waals surface area contributed by atoms with Crippen molar-refractivity contribution >= 4 is 23.6 Å². The summed E-state index contributed by atoms with van der Waals surface area (Å²) < 4.78 is 5.08. The lowest BCUT2D eigenvalue weighted by atomic mass is 9.88. The molecular formula is C17H23NO4S. The Hall–Kier alpha value is -1.53. The molecule has 0 radical (unpaired) electrons. The summed E-state index contributed by atoms with van der Waals surface area (Å²) in [5.74, 6) is -0.876. The van der Waals surface area contributed by atoms with Crippen LogP contribution >= 0.6 is 11.8 Å². The monoisotopic (exact) mass is 337 g/mol. The second-order valence-corrected chi connectivity index (χ2v) is 7.13. The number of carboxylic acids is 1. The Morgan fingerprint density at radius 3 is 2.65 bits per heavy atom. The van der Waals surface area contributed by atoms with E-state index in [1.165, 1.54) is 18.9 Å². The van der Waals surface area contributed by atoms with Crippen LogP contribution in [-0.2, 0) is 14.3 Å². The molecule has 0 spiro atoms. The molecule has 1 fully saturated rings. The minimum atomic E-state index is -0.972. The highest BCUT2D eigenvalue weighted by Crippen LogP contribution is 2.34. The molecule has 0 aromatic heterocycles. The molecule has 0 aliphatic carbocycles. The maximum Gasteiger partial charge on any atom is 0.313 e. The maximum absolute atomic E-state index is 12.8. The summed E-state index contributed by atoms with van der Waals surface area (Å²) in [7, 11) is 1.50. The molecule has 6 heteroatoms. The van der Waals surface area contributed by atoms with Gasteiger partial charge in [0.05, 0.1) is 11.9 Å². The number of likely N-dealkylation sites (tertiary alicyclic amines) is 1. The first-order valence-electron chi connectivity index (χ1n) is 7.75. The van der Waals surface area contributed by atoms with Crippen LogP contribution < -0.4 is 0 Å². The predicted octanol–water partition coefficient (Wildman–Crippen LogP) is 2.51. The zero-order valence-electron chi connectivity index (χ0n) is 13.5. The maximum atomic E-state index is 12.8. The van der Waals surface area contributed by atoms with E-state index < -0.39 is 11.4 Å². The number of hydrogen-bond donors (Lipinski definition) is 1. The fourth-order valence-electron chi connectivity index (χ4n) is 2.87. The Balaban J connectivity index is 2.06. The zero-order valence-corrected chi connectivity index (χ0v) is 14.3. The van der Waals surface area contributed by atoms with Gasteiger partial charge in [0.15, 0.2) is 0 Å². The smallest absolute Gasteiger partial charge is 0.313 e. The summed E-state index contributed by atoms with van der Waals surface area (Å²) in [4.78, 5) is 27.1. The molecule has 1 aliphatic rings. The topological polar surface area (TPSA) is 66.8 Å². The van der Waals surface area contributed by atoms with Gasteiger partial charge < -0.3 is 14.7 Å². The Morgan fingerprint density at radius 2 is 2.09 bits per heavy atom. The number of hydrogen-bond acceptors (Lipinski definition) is 4. The van der Waals surface area contributed by atoms with Crippen molar-refractivity contribution in [1.29, 1.82) is 0 Å². The van der Waals surface area contributed by atoms with E-state index in [-0.39, 0.29) is 24.3 Å². The van der Waals surface area contributed by atoms with Crippen molar-refractivity contribution < 1.29 is 19.4 Å².